The molecular weight excluding hydrogens is 198 g/mol. The topological polar surface area (TPSA) is 39.1 Å². The van der Waals surface area contributed by atoms with Crippen LogP contribution in [0.1, 0.15) is 12.0 Å². The van der Waals surface area contributed by atoms with Crippen LogP contribution in [0.25, 0.3) is 0 Å². The van der Waals surface area contributed by atoms with Gasteiger partial charge in [0.15, 0.2) is 0 Å². The third-order valence-electron chi connectivity index (χ3n) is 3.13. The maximum absolute atomic E-state index is 9.04. The van der Waals surface area contributed by atoms with E-state index in [0.717, 1.165) is 30.9 Å². The zero-order valence-electron chi connectivity index (χ0n) is 9.61. The molecule has 84 valence electrons. The molecule has 1 N–H and O–H groups in total. The summed E-state index contributed by atoms with van der Waals surface area (Å²) in [5.74, 6) is 0.705. The summed E-state index contributed by atoms with van der Waals surface area (Å²) in [6.07, 6.45) is 1.24. The molecule has 0 saturated carbocycles. The third-order valence-corrected chi connectivity index (χ3v) is 3.13. The smallest absolute Gasteiger partial charge is 0.101 e. The van der Waals surface area contributed by atoms with E-state index in [1.165, 1.54) is 6.42 Å². The summed E-state index contributed by atoms with van der Waals surface area (Å²) in [5.41, 5.74) is 1.80. The van der Waals surface area contributed by atoms with Crippen LogP contribution in [0.5, 0.6) is 0 Å². The Morgan fingerprint density at radius 3 is 3.00 bits per heavy atom. The molecule has 2 rings (SSSR count). The Hall–Kier alpha value is -1.53. The molecule has 3 heteroatoms. The van der Waals surface area contributed by atoms with Gasteiger partial charge in [-0.15, -0.1) is 0 Å². The third kappa shape index (κ3) is 2.34. The minimum atomic E-state index is 0.705. The van der Waals surface area contributed by atoms with Crippen molar-refractivity contribution in [1.82, 2.24) is 5.32 Å². The molecule has 1 aliphatic heterocycles. The van der Waals surface area contributed by atoms with Gasteiger partial charge in [-0.05, 0) is 37.6 Å². The van der Waals surface area contributed by atoms with Gasteiger partial charge in [-0.25, -0.2) is 0 Å². The van der Waals surface area contributed by atoms with Crippen LogP contribution in [0, 0.1) is 17.2 Å². The first kappa shape index (κ1) is 11.0. The molecule has 1 aromatic carbocycles. The molecule has 0 aliphatic carbocycles. The summed E-state index contributed by atoms with van der Waals surface area (Å²) in [4.78, 5) is 2.19. The SMILES string of the molecule is CN(CC1CCNC1)c1ccccc1C#N. The van der Waals surface area contributed by atoms with E-state index in [9.17, 15) is 0 Å². The van der Waals surface area contributed by atoms with Gasteiger partial charge in [0.2, 0.25) is 0 Å². The van der Waals surface area contributed by atoms with Crippen molar-refractivity contribution in [2.24, 2.45) is 5.92 Å². The number of anilines is 1. The molecule has 1 heterocycles. The first-order valence-electron chi connectivity index (χ1n) is 5.72. The lowest BCUT2D eigenvalue weighted by Gasteiger charge is -2.23. The highest BCUT2D eigenvalue weighted by molar-refractivity contribution is 5.58. The maximum atomic E-state index is 9.04. The highest BCUT2D eigenvalue weighted by Crippen LogP contribution is 2.20. The van der Waals surface area contributed by atoms with E-state index < -0.39 is 0 Å². The zero-order valence-corrected chi connectivity index (χ0v) is 9.61. The standard InChI is InChI=1S/C13H17N3/c1-16(10-11-6-7-15-9-11)13-5-3-2-4-12(13)8-14/h2-5,11,15H,6-7,9-10H2,1H3. The first-order valence-corrected chi connectivity index (χ1v) is 5.72. The van der Waals surface area contributed by atoms with Crippen LogP contribution in [0.3, 0.4) is 0 Å². The summed E-state index contributed by atoms with van der Waals surface area (Å²) in [5, 5.41) is 12.4. The molecule has 1 atom stereocenters. The van der Waals surface area contributed by atoms with Crippen LogP contribution in [0.4, 0.5) is 5.69 Å². The molecule has 1 saturated heterocycles. The molecule has 16 heavy (non-hydrogen) atoms. The van der Waals surface area contributed by atoms with Crippen LogP contribution in [-0.4, -0.2) is 26.7 Å². The number of para-hydroxylation sites is 1. The van der Waals surface area contributed by atoms with Crippen molar-refractivity contribution >= 4 is 5.69 Å². The Kier molecular flexibility index (Phi) is 3.43. The molecular formula is C13H17N3. The van der Waals surface area contributed by atoms with E-state index in [4.69, 9.17) is 5.26 Å². The largest absolute Gasteiger partial charge is 0.373 e. The molecule has 1 aromatic rings. The lowest BCUT2D eigenvalue weighted by atomic mass is 10.1. The van der Waals surface area contributed by atoms with Gasteiger partial charge in [-0.1, -0.05) is 12.1 Å². The van der Waals surface area contributed by atoms with E-state index in [1.54, 1.807) is 0 Å². The Morgan fingerprint density at radius 1 is 1.50 bits per heavy atom. The molecule has 0 spiro atoms. The van der Waals surface area contributed by atoms with Gasteiger partial charge < -0.3 is 10.2 Å². The Bertz CT molecular complexity index is 388. The van der Waals surface area contributed by atoms with E-state index in [1.807, 2.05) is 24.3 Å². The molecule has 0 aromatic heterocycles. The number of nitriles is 1. The van der Waals surface area contributed by atoms with Crippen molar-refractivity contribution in [2.75, 3.05) is 31.6 Å². The molecule has 0 radical (unpaired) electrons. The highest BCUT2D eigenvalue weighted by Gasteiger charge is 2.17. The van der Waals surface area contributed by atoms with E-state index >= 15 is 0 Å². The second-order valence-electron chi connectivity index (χ2n) is 4.37. The van der Waals surface area contributed by atoms with Gasteiger partial charge in [-0.3, -0.25) is 0 Å². The van der Waals surface area contributed by atoms with Crippen molar-refractivity contribution < 1.29 is 0 Å². The molecule has 1 fully saturated rings. The first-order chi connectivity index (χ1) is 7.81. The molecule has 1 unspecified atom stereocenters. The van der Waals surface area contributed by atoms with E-state index in [-0.39, 0.29) is 0 Å². The predicted octanol–water partition coefficient (Wildman–Crippen LogP) is 1.60. The lowest BCUT2D eigenvalue weighted by molar-refractivity contribution is 0.578. The quantitative estimate of drug-likeness (QED) is 0.832. The summed E-state index contributed by atoms with van der Waals surface area (Å²) in [6, 6.07) is 10.0. The Balaban J connectivity index is 2.08. The number of benzene rings is 1. The summed E-state index contributed by atoms with van der Waals surface area (Å²) in [6.45, 7) is 3.24. The van der Waals surface area contributed by atoms with Crippen molar-refractivity contribution in [1.29, 1.82) is 5.26 Å². The van der Waals surface area contributed by atoms with Crippen molar-refractivity contribution in [3.05, 3.63) is 29.8 Å². The van der Waals surface area contributed by atoms with Crippen LogP contribution >= 0.6 is 0 Å². The fraction of sp³-hybridized carbons (Fsp3) is 0.462. The molecule has 0 bridgehead atoms. The Labute approximate surface area is 96.7 Å². The number of rotatable bonds is 3. The Morgan fingerprint density at radius 2 is 2.31 bits per heavy atom. The monoisotopic (exact) mass is 215 g/mol. The van der Waals surface area contributed by atoms with Gasteiger partial charge in [0.05, 0.1) is 11.3 Å². The lowest BCUT2D eigenvalue weighted by Crippen LogP contribution is -2.27. The molecule has 1 aliphatic rings. The van der Waals surface area contributed by atoms with E-state index in [0.29, 0.717) is 5.92 Å². The van der Waals surface area contributed by atoms with E-state index in [2.05, 4.69) is 23.3 Å². The predicted molar refractivity (Wildman–Crippen MR) is 65.4 cm³/mol. The number of nitrogens with one attached hydrogen (secondary N) is 1. The van der Waals surface area contributed by atoms with Gasteiger partial charge in [0.1, 0.15) is 6.07 Å². The average molecular weight is 215 g/mol. The number of hydrogen-bond acceptors (Lipinski definition) is 3. The second-order valence-corrected chi connectivity index (χ2v) is 4.37. The highest BCUT2D eigenvalue weighted by atomic mass is 15.1. The second kappa shape index (κ2) is 5.00. The van der Waals surface area contributed by atoms with Crippen LogP contribution in [0.15, 0.2) is 24.3 Å². The number of nitrogens with zero attached hydrogens (tertiary/aromatic N) is 2. The van der Waals surface area contributed by atoms with Gasteiger partial charge in [-0.2, -0.15) is 5.26 Å². The van der Waals surface area contributed by atoms with Crippen molar-refractivity contribution in [2.45, 2.75) is 6.42 Å². The summed E-state index contributed by atoms with van der Waals surface area (Å²) in [7, 11) is 2.06. The minimum Gasteiger partial charge on any atom is -0.373 e. The fourth-order valence-electron chi connectivity index (χ4n) is 2.26. The normalized spacial score (nSPS) is 19.4. The molecule has 0 amide bonds. The maximum Gasteiger partial charge on any atom is 0.101 e. The van der Waals surface area contributed by atoms with Crippen molar-refractivity contribution in [3.63, 3.8) is 0 Å². The summed E-state index contributed by atoms with van der Waals surface area (Å²) >= 11 is 0. The minimum absolute atomic E-state index is 0.705. The van der Waals surface area contributed by atoms with Crippen LogP contribution in [-0.2, 0) is 0 Å². The zero-order chi connectivity index (χ0) is 11.4. The van der Waals surface area contributed by atoms with Crippen molar-refractivity contribution in [3.8, 4) is 6.07 Å². The average Bonchev–Trinajstić information content (AvgIpc) is 2.81. The van der Waals surface area contributed by atoms with Gasteiger partial charge in [0, 0.05) is 13.6 Å². The van der Waals surface area contributed by atoms with Gasteiger partial charge in [0.25, 0.3) is 0 Å². The molecule has 3 nitrogen and oxygen atoms in total. The van der Waals surface area contributed by atoms with Crippen LogP contribution in [0.2, 0.25) is 0 Å². The van der Waals surface area contributed by atoms with Crippen LogP contribution < -0.4 is 10.2 Å². The fourth-order valence-corrected chi connectivity index (χ4v) is 2.26. The van der Waals surface area contributed by atoms with Gasteiger partial charge >= 0.3 is 0 Å². The summed E-state index contributed by atoms with van der Waals surface area (Å²) < 4.78 is 0. The number of hydrogen-bond donors (Lipinski definition) is 1.